The minimum atomic E-state index is -0.512. The second-order valence-corrected chi connectivity index (χ2v) is 24.7. The molecule has 0 saturated heterocycles. The maximum Gasteiger partial charge on any atom is 0.0725 e. The topological polar surface area (TPSA) is 4.93 Å². The van der Waals surface area contributed by atoms with E-state index in [1.807, 2.05) is 0 Å². The molecule has 1 aromatic heterocycles. The van der Waals surface area contributed by atoms with E-state index in [1.54, 1.807) is 0 Å². The lowest BCUT2D eigenvalue weighted by Crippen LogP contribution is -2.26. The second kappa shape index (κ2) is 18.4. The van der Waals surface area contributed by atoms with Crippen molar-refractivity contribution < 1.29 is 0 Å². The zero-order valence-electron chi connectivity index (χ0n) is 48.5. The number of rotatable bonds is 6. The number of nitrogens with zero attached hydrogens (tertiary/aromatic N) is 1. The van der Waals surface area contributed by atoms with Gasteiger partial charge in [-0.1, -0.05) is 279 Å². The summed E-state index contributed by atoms with van der Waals surface area (Å²) < 4.78 is 2.43. The van der Waals surface area contributed by atoms with Crippen LogP contribution in [0, 0.1) is 6.92 Å². The second-order valence-electron chi connectivity index (χ2n) is 24.7. The molecule has 88 heavy (non-hydrogen) atoms. The van der Waals surface area contributed by atoms with E-state index in [2.05, 4.69) is 327 Å². The highest BCUT2D eigenvalue weighted by atomic mass is 15.0. The third kappa shape index (κ3) is 6.71. The third-order valence-electron chi connectivity index (χ3n) is 20.3. The Labute approximate surface area is 512 Å². The van der Waals surface area contributed by atoms with E-state index in [1.165, 1.54) is 166 Å². The van der Waals surface area contributed by atoms with Gasteiger partial charge in [0, 0.05) is 16.2 Å². The van der Waals surface area contributed by atoms with E-state index in [9.17, 15) is 0 Å². The van der Waals surface area contributed by atoms with Crippen LogP contribution >= 0.6 is 0 Å². The van der Waals surface area contributed by atoms with Crippen molar-refractivity contribution in [2.24, 2.45) is 0 Å². The van der Waals surface area contributed by atoms with Crippen molar-refractivity contribution in [3.63, 3.8) is 0 Å². The standard InChI is InChI=1S/C87H55N/c1-54-29-44-69-70-46-41-62(52-81(70)86(79(69)49-54)75-23-9-4-18-65(75)66-19-5-10-24-76(66)86)63-42-47-72-71-45-40-61(51-80(71)87(82(72)53-63)77-25-11-6-20-67(77)68-21-7-12-26-78(68)87)58-38-34-56(35-39-58)31-30-55-32-36-57(37-33-55)60-43-48-85-74(50-60)73-22-8-13-27-84(73)88(85)83-28-14-16-59-15-2-3-17-64(59)83/h2-53H,1H3/b31-30+. The van der Waals surface area contributed by atoms with Crippen LogP contribution in [0.1, 0.15) is 61.2 Å². The first-order chi connectivity index (χ1) is 43.5. The summed E-state index contributed by atoms with van der Waals surface area (Å²) in [4.78, 5) is 0. The lowest BCUT2D eigenvalue weighted by atomic mass is 9.69. The van der Waals surface area contributed by atoms with Crippen LogP contribution in [0.25, 0.3) is 128 Å². The van der Waals surface area contributed by atoms with Crippen LogP contribution in [0.2, 0.25) is 0 Å². The van der Waals surface area contributed by atoms with Crippen molar-refractivity contribution in [3.05, 3.63) is 365 Å². The van der Waals surface area contributed by atoms with E-state index in [0.29, 0.717) is 0 Å². The molecule has 14 aromatic carbocycles. The van der Waals surface area contributed by atoms with Crippen molar-refractivity contribution in [3.8, 4) is 83.6 Å². The molecule has 0 radical (unpaired) electrons. The fourth-order valence-electron chi connectivity index (χ4n) is 16.5. The summed E-state index contributed by atoms with van der Waals surface area (Å²) >= 11 is 0. The number of aryl methyl sites for hydroxylation is 1. The lowest BCUT2D eigenvalue weighted by Gasteiger charge is -2.31. The Bertz CT molecular complexity index is 5410. The van der Waals surface area contributed by atoms with Crippen molar-refractivity contribution in [2.45, 2.75) is 17.8 Å². The van der Waals surface area contributed by atoms with Gasteiger partial charge in [-0.05, 0) is 188 Å². The van der Waals surface area contributed by atoms with E-state index >= 15 is 0 Å². The molecule has 2 spiro atoms. The Morgan fingerprint density at radius 2 is 0.614 bits per heavy atom. The van der Waals surface area contributed by atoms with Gasteiger partial charge in [0.25, 0.3) is 0 Å². The molecule has 0 amide bonds. The minimum Gasteiger partial charge on any atom is -0.309 e. The summed E-state index contributed by atoms with van der Waals surface area (Å²) in [5.41, 5.74) is 35.0. The van der Waals surface area contributed by atoms with Gasteiger partial charge in [0.2, 0.25) is 0 Å². The van der Waals surface area contributed by atoms with Crippen LogP contribution in [0.4, 0.5) is 0 Å². The number of benzene rings is 14. The molecule has 0 aliphatic heterocycles. The molecule has 19 rings (SSSR count). The maximum atomic E-state index is 2.55. The van der Waals surface area contributed by atoms with Gasteiger partial charge in [-0.15, -0.1) is 0 Å². The molecule has 15 aromatic rings. The molecule has 0 N–H and O–H groups in total. The monoisotopic (exact) mass is 1110 g/mol. The molecule has 1 heteroatoms. The molecule has 1 heterocycles. The third-order valence-corrected chi connectivity index (χ3v) is 20.3. The average Bonchev–Trinajstić information content (AvgIpc) is 1.54. The van der Waals surface area contributed by atoms with Gasteiger partial charge >= 0.3 is 0 Å². The predicted octanol–water partition coefficient (Wildman–Crippen LogP) is 22.1. The van der Waals surface area contributed by atoms with Gasteiger partial charge in [0.15, 0.2) is 0 Å². The summed E-state index contributed by atoms with van der Waals surface area (Å²) in [6.45, 7) is 2.24. The number of fused-ring (bicyclic) bond motifs is 24. The molecular formula is C87H55N. The quantitative estimate of drug-likeness (QED) is 0.146. The van der Waals surface area contributed by atoms with Gasteiger partial charge in [-0.2, -0.15) is 0 Å². The summed E-state index contributed by atoms with van der Waals surface area (Å²) in [6.07, 6.45) is 4.46. The predicted molar refractivity (Wildman–Crippen MR) is 367 cm³/mol. The fraction of sp³-hybridized carbons (Fsp3) is 0.0345. The Morgan fingerprint density at radius 3 is 1.14 bits per heavy atom. The molecule has 408 valence electrons. The normalized spacial score (nSPS) is 13.9. The smallest absolute Gasteiger partial charge is 0.0725 e. The van der Waals surface area contributed by atoms with Crippen LogP contribution < -0.4 is 0 Å². The Morgan fingerprint density at radius 1 is 0.250 bits per heavy atom. The Kier molecular flexibility index (Phi) is 10.3. The maximum absolute atomic E-state index is 2.55. The molecule has 0 bridgehead atoms. The molecule has 0 atom stereocenters. The summed E-state index contributed by atoms with van der Waals surface area (Å²) in [5.74, 6) is 0. The first kappa shape index (κ1) is 49.2. The Balaban J connectivity index is 0.662. The molecule has 0 unspecified atom stereocenters. The number of hydrogen-bond acceptors (Lipinski definition) is 0. The van der Waals surface area contributed by atoms with Crippen LogP contribution in [-0.2, 0) is 10.8 Å². The summed E-state index contributed by atoms with van der Waals surface area (Å²) in [7, 11) is 0. The van der Waals surface area contributed by atoms with E-state index in [-0.39, 0.29) is 0 Å². The summed E-state index contributed by atoms with van der Waals surface area (Å²) in [6, 6.07) is 115. The van der Waals surface area contributed by atoms with Crippen LogP contribution in [0.3, 0.4) is 0 Å². The van der Waals surface area contributed by atoms with E-state index in [0.717, 1.165) is 11.1 Å². The number of hydrogen-bond donors (Lipinski definition) is 0. The molecule has 4 aliphatic carbocycles. The van der Waals surface area contributed by atoms with E-state index in [4.69, 9.17) is 0 Å². The van der Waals surface area contributed by atoms with E-state index < -0.39 is 10.8 Å². The zero-order valence-corrected chi connectivity index (χ0v) is 48.5. The van der Waals surface area contributed by atoms with Gasteiger partial charge in [-0.3, -0.25) is 0 Å². The Hall–Kier alpha value is -11.1. The minimum absolute atomic E-state index is 0.418. The van der Waals surface area contributed by atoms with Gasteiger partial charge in [0.1, 0.15) is 0 Å². The number of aromatic nitrogens is 1. The van der Waals surface area contributed by atoms with Gasteiger partial charge in [-0.25, -0.2) is 0 Å². The van der Waals surface area contributed by atoms with Crippen LogP contribution in [-0.4, -0.2) is 4.57 Å². The highest BCUT2D eigenvalue weighted by Crippen LogP contribution is 2.66. The highest BCUT2D eigenvalue weighted by molar-refractivity contribution is 6.12. The summed E-state index contributed by atoms with van der Waals surface area (Å²) in [5, 5.41) is 5.00. The van der Waals surface area contributed by atoms with Crippen LogP contribution in [0.15, 0.2) is 303 Å². The van der Waals surface area contributed by atoms with Crippen molar-refractivity contribution >= 4 is 44.7 Å². The van der Waals surface area contributed by atoms with Crippen LogP contribution in [0.5, 0.6) is 0 Å². The van der Waals surface area contributed by atoms with Crippen molar-refractivity contribution in [2.75, 3.05) is 0 Å². The molecule has 0 fully saturated rings. The first-order valence-corrected chi connectivity index (χ1v) is 30.9. The molecule has 4 aliphatic rings. The zero-order chi connectivity index (χ0) is 57.8. The van der Waals surface area contributed by atoms with Crippen molar-refractivity contribution in [1.29, 1.82) is 0 Å². The largest absolute Gasteiger partial charge is 0.309 e. The SMILES string of the molecule is Cc1ccc2c(c1)C1(c3ccccc3-c3ccccc31)c1cc(-c3ccc4c(c3)C3(c5ccccc5-c5ccccc53)c3cc(-c5ccc(/C=C/c6ccc(-c7ccc8c(c7)c7ccccc7n8-c7cccc8ccccc78)cc6)cc5)ccc3-4)ccc1-2. The highest BCUT2D eigenvalue weighted by Gasteiger charge is 2.53. The van der Waals surface area contributed by atoms with Crippen molar-refractivity contribution in [1.82, 2.24) is 4.57 Å². The lowest BCUT2D eigenvalue weighted by molar-refractivity contribution is 0.792. The molecule has 0 saturated carbocycles. The molecule has 1 nitrogen and oxygen atoms in total. The van der Waals surface area contributed by atoms with Gasteiger partial charge in [0.05, 0.1) is 27.6 Å². The van der Waals surface area contributed by atoms with Gasteiger partial charge < -0.3 is 4.57 Å². The molecular weight excluding hydrogens is 1060 g/mol. The average molecular weight is 1110 g/mol. The fourth-order valence-corrected chi connectivity index (χ4v) is 16.5. The first-order valence-electron chi connectivity index (χ1n) is 30.9. The number of para-hydroxylation sites is 1.